The lowest BCUT2D eigenvalue weighted by Crippen LogP contribution is -2.54. The van der Waals surface area contributed by atoms with E-state index in [9.17, 15) is 9.59 Å². The Balaban J connectivity index is 1.71. The number of likely N-dealkylation sites (tertiary alicyclic amines) is 1. The van der Waals surface area contributed by atoms with Crippen molar-refractivity contribution >= 4 is 12.0 Å². The monoisotopic (exact) mass is 375 g/mol. The van der Waals surface area contributed by atoms with Crippen molar-refractivity contribution in [3.05, 3.63) is 30.1 Å². The van der Waals surface area contributed by atoms with Crippen molar-refractivity contribution in [3.8, 4) is 0 Å². The number of hydrogen-bond acceptors (Lipinski definition) is 5. The van der Waals surface area contributed by atoms with Crippen molar-refractivity contribution in [2.75, 3.05) is 33.4 Å². The lowest BCUT2D eigenvalue weighted by atomic mass is 9.98. The molecule has 7 heteroatoms. The standard InChI is InChI=1S/C20H29N3O4/c1-3-27-19(24)18(15-9-12-26-14-15)22(2)20(25)23-11-6-8-17(23)13-16-7-4-5-10-21-16/h4-5,7,10,15,17-18H,3,6,8-9,11-14H2,1-2H3/t15?,17?,18-/m0/s1. The largest absolute Gasteiger partial charge is 0.464 e. The fourth-order valence-corrected chi connectivity index (χ4v) is 4.08. The number of carbonyl (C=O) groups is 2. The zero-order valence-electron chi connectivity index (χ0n) is 16.2. The van der Waals surface area contributed by atoms with Gasteiger partial charge in [-0.05, 0) is 38.3 Å². The van der Waals surface area contributed by atoms with Gasteiger partial charge < -0.3 is 19.3 Å². The Morgan fingerprint density at radius 3 is 2.93 bits per heavy atom. The Kier molecular flexibility index (Phi) is 6.66. The first-order valence-electron chi connectivity index (χ1n) is 9.79. The Hall–Kier alpha value is -2.15. The Morgan fingerprint density at radius 1 is 1.41 bits per heavy atom. The maximum Gasteiger partial charge on any atom is 0.329 e. The summed E-state index contributed by atoms with van der Waals surface area (Å²) in [5.74, 6) is -0.362. The van der Waals surface area contributed by atoms with Gasteiger partial charge in [0.15, 0.2) is 0 Å². The molecular weight excluding hydrogens is 346 g/mol. The molecule has 0 saturated carbocycles. The normalized spacial score (nSPS) is 23.3. The SMILES string of the molecule is CCOC(=O)[C@H](C1CCOC1)N(C)C(=O)N1CCCC1Cc1ccccn1. The molecule has 1 aromatic heterocycles. The van der Waals surface area contributed by atoms with Crippen LogP contribution < -0.4 is 0 Å². The molecule has 0 aliphatic carbocycles. The smallest absolute Gasteiger partial charge is 0.329 e. The van der Waals surface area contributed by atoms with Crippen LogP contribution >= 0.6 is 0 Å². The first-order valence-corrected chi connectivity index (χ1v) is 9.79. The molecule has 2 amide bonds. The molecule has 3 atom stereocenters. The van der Waals surface area contributed by atoms with Gasteiger partial charge in [0, 0.05) is 50.5 Å². The van der Waals surface area contributed by atoms with Gasteiger partial charge in [0.25, 0.3) is 0 Å². The second kappa shape index (κ2) is 9.17. The molecule has 0 radical (unpaired) electrons. The highest BCUT2D eigenvalue weighted by Crippen LogP contribution is 2.26. The van der Waals surface area contributed by atoms with Crippen LogP contribution in [0, 0.1) is 5.92 Å². The van der Waals surface area contributed by atoms with Crippen LogP contribution in [0.25, 0.3) is 0 Å². The summed E-state index contributed by atoms with van der Waals surface area (Å²) < 4.78 is 10.7. The van der Waals surface area contributed by atoms with Gasteiger partial charge in [0.1, 0.15) is 6.04 Å². The highest BCUT2D eigenvalue weighted by Gasteiger charge is 2.41. The van der Waals surface area contributed by atoms with Gasteiger partial charge >= 0.3 is 12.0 Å². The van der Waals surface area contributed by atoms with E-state index in [0.29, 0.717) is 26.4 Å². The number of aromatic nitrogens is 1. The lowest BCUT2D eigenvalue weighted by Gasteiger charge is -2.35. The van der Waals surface area contributed by atoms with Crippen LogP contribution in [0.1, 0.15) is 31.9 Å². The van der Waals surface area contributed by atoms with Crippen molar-refractivity contribution in [2.45, 2.75) is 44.7 Å². The molecule has 2 aliphatic rings. The second-order valence-corrected chi connectivity index (χ2v) is 7.23. The Morgan fingerprint density at radius 2 is 2.26 bits per heavy atom. The van der Waals surface area contributed by atoms with Crippen molar-refractivity contribution in [3.63, 3.8) is 0 Å². The first-order chi connectivity index (χ1) is 13.1. The highest BCUT2D eigenvalue weighted by atomic mass is 16.5. The maximum atomic E-state index is 13.2. The number of rotatable bonds is 6. The van der Waals surface area contributed by atoms with Gasteiger partial charge in [-0.25, -0.2) is 9.59 Å². The van der Waals surface area contributed by atoms with Gasteiger partial charge in [-0.15, -0.1) is 0 Å². The molecule has 7 nitrogen and oxygen atoms in total. The molecule has 0 spiro atoms. The first kappa shape index (κ1) is 19.6. The molecule has 0 N–H and O–H groups in total. The van der Waals surface area contributed by atoms with E-state index >= 15 is 0 Å². The maximum absolute atomic E-state index is 13.2. The van der Waals surface area contributed by atoms with Crippen LogP contribution in [0.5, 0.6) is 0 Å². The number of esters is 1. The van der Waals surface area contributed by atoms with Crippen LogP contribution in [-0.4, -0.2) is 72.3 Å². The number of hydrogen-bond donors (Lipinski definition) is 0. The quantitative estimate of drug-likeness (QED) is 0.712. The van der Waals surface area contributed by atoms with Crippen molar-refractivity contribution < 1.29 is 19.1 Å². The van der Waals surface area contributed by atoms with E-state index in [0.717, 1.165) is 31.4 Å². The van der Waals surface area contributed by atoms with Crippen LogP contribution in [0.15, 0.2) is 24.4 Å². The number of likely N-dealkylation sites (N-methyl/N-ethyl adjacent to an activating group) is 1. The number of nitrogens with zero attached hydrogens (tertiary/aromatic N) is 3. The van der Waals surface area contributed by atoms with Gasteiger partial charge in [0.05, 0.1) is 13.2 Å². The Bertz CT molecular complexity index is 633. The average molecular weight is 375 g/mol. The van der Waals surface area contributed by atoms with E-state index in [2.05, 4.69) is 4.98 Å². The summed E-state index contributed by atoms with van der Waals surface area (Å²) in [6.07, 6.45) is 5.19. The molecule has 0 bridgehead atoms. The van der Waals surface area contributed by atoms with E-state index in [1.54, 1.807) is 25.1 Å². The summed E-state index contributed by atoms with van der Waals surface area (Å²) in [5, 5.41) is 0. The summed E-state index contributed by atoms with van der Waals surface area (Å²) in [6, 6.07) is 5.24. The van der Waals surface area contributed by atoms with E-state index in [4.69, 9.17) is 9.47 Å². The van der Waals surface area contributed by atoms with Crippen molar-refractivity contribution in [1.29, 1.82) is 0 Å². The fourth-order valence-electron chi connectivity index (χ4n) is 4.08. The van der Waals surface area contributed by atoms with Gasteiger partial charge in [-0.3, -0.25) is 4.98 Å². The van der Waals surface area contributed by atoms with Crippen LogP contribution in [0.3, 0.4) is 0 Å². The third kappa shape index (κ3) is 4.58. The molecule has 2 unspecified atom stereocenters. The zero-order chi connectivity index (χ0) is 19.2. The number of urea groups is 1. The number of ether oxygens (including phenoxy) is 2. The molecule has 148 valence electrons. The minimum atomic E-state index is -0.601. The van der Waals surface area contributed by atoms with E-state index < -0.39 is 6.04 Å². The van der Waals surface area contributed by atoms with Crippen molar-refractivity contribution in [1.82, 2.24) is 14.8 Å². The molecule has 1 aromatic rings. The van der Waals surface area contributed by atoms with Crippen LogP contribution in [-0.2, 0) is 20.7 Å². The minimum absolute atomic E-state index is 0.0187. The average Bonchev–Trinajstić information content (AvgIpc) is 3.35. The van der Waals surface area contributed by atoms with Gasteiger partial charge in [-0.1, -0.05) is 6.07 Å². The molecule has 2 saturated heterocycles. The zero-order valence-corrected chi connectivity index (χ0v) is 16.2. The molecule has 2 aliphatic heterocycles. The van der Waals surface area contributed by atoms with Crippen molar-refractivity contribution in [2.24, 2.45) is 5.92 Å². The summed E-state index contributed by atoms with van der Waals surface area (Å²) in [5.41, 5.74) is 0.982. The molecule has 3 heterocycles. The summed E-state index contributed by atoms with van der Waals surface area (Å²) >= 11 is 0. The highest BCUT2D eigenvalue weighted by molar-refractivity contribution is 5.84. The third-order valence-corrected chi connectivity index (χ3v) is 5.45. The minimum Gasteiger partial charge on any atom is -0.464 e. The third-order valence-electron chi connectivity index (χ3n) is 5.45. The summed E-state index contributed by atoms with van der Waals surface area (Å²) in [6.45, 7) is 3.90. The van der Waals surface area contributed by atoms with E-state index in [1.807, 2.05) is 23.1 Å². The molecular formula is C20H29N3O4. The number of pyridine rings is 1. The molecule has 0 aromatic carbocycles. The van der Waals surface area contributed by atoms with Gasteiger partial charge in [-0.2, -0.15) is 0 Å². The number of carbonyl (C=O) groups excluding carboxylic acids is 2. The predicted molar refractivity (Wildman–Crippen MR) is 100 cm³/mol. The molecule has 3 rings (SSSR count). The van der Waals surface area contributed by atoms with Crippen LogP contribution in [0.4, 0.5) is 4.79 Å². The second-order valence-electron chi connectivity index (χ2n) is 7.23. The summed E-state index contributed by atoms with van der Waals surface area (Å²) in [7, 11) is 1.71. The topological polar surface area (TPSA) is 72.0 Å². The van der Waals surface area contributed by atoms with E-state index in [-0.39, 0.29) is 24.0 Å². The Labute approximate surface area is 160 Å². The molecule has 27 heavy (non-hydrogen) atoms. The lowest BCUT2D eigenvalue weighted by molar-refractivity contribution is -0.150. The molecule has 2 fully saturated rings. The van der Waals surface area contributed by atoms with Gasteiger partial charge in [0.2, 0.25) is 0 Å². The predicted octanol–water partition coefficient (Wildman–Crippen LogP) is 2.11. The number of amides is 2. The van der Waals surface area contributed by atoms with E-state index in [1.165, 1.54) is 0 Å². The fraction of sp³-hybridized carbons (Fsp3) is 0.650. The summed E-state index contributed by atoms with van der Waals surface area (Å²) in [4.78, 5) is 33.6. The van der Waals surface area contributed by atoms with Crippen LogP contribution in [0.2, 0.25) is 0 Å².